The van der Waals surface area contributed by atoms with Gasteiger partial charge in [0.15, 0.2) is 0 Å². The Labute approximate surface area is 121 Å². The molecule has 2 rings (SSSR count). The smallest absolute Gasteiger partial charge is 0.416 e. The maximum absolute atomic E-state index is 12.5. The number of hydrogen-bond acceptors (Lipinski definition) is 4. The first-order chi connectivity index (χ1) is 9.77. The molecule has 0 saturated carbocycles. The van der Waals surface area contributed by atoms with E-state index in [0.29, 0.717) is 12.1 Å². The van der Waals surface area contributed by atoms with E-state index in [4.69, 9.17) is 16.3 Å². The first-order valence-corrected chi connectivity index (χ1v) is 5.80. The molecule has 21 heavy (non-hydrogen) atoms. The van der Waals surface area contributed by atoms with E-state index in [1.807, 2.05) is 0 Å². The second-order valence-electron chi connectivity index (χ2n) is 3.86. The lowest BCUT2D eigenvalue weighted by Crippen LogP contribution is -2.06. The van der Waals surface area contributed by atoms with Crippen molar-refractivity contribution in [1.82, 2.24) is 4.98 Å². The number of benzene rings is 1. The van der Waals surface area contributed by atoms with Crippen LogP contribution < -0.4 is 4.74 Å². The Hall–Kier alpha value is -2.35. The number of nitrogens with zero attached hydrogens (tertiary/aromatic N) is 2. The molecule has 0 spiro atoms. The highest BCUT2D eigenvalue weighted by Gasteiger charge is 2.33. The fraction of sp³-hybridized carbons (Fsp3) is 0.0833. The normalized spacial score (nSPS) is 11.2. The highest BCUT2D eigenvalue weighted by atomic mass is 35.5. The maximum atomic E-state index is 12.5. The lowest BCUT2D eigenvalue weighted by Gasteiger charge is -2.09. The van der Waals surface area contributed by atoms with Crippen molar-refractivity contribution >= 4 is 17.3 Å². The molecule has 0 aliphatic rings. The summed E-state index contributed by atoms with van der Waals surface area (Å²) in [5, 5.41) is 11.1. The van der Waals surface area contributed by atoms with Crippen molar-refractivity contribution in [3.63, 3.8) is 0 Å². The van der Waals surface area contributed by atoms with Gasteiger partial charge in [-0.2, -0.15) is 13.2 Å². The average molecular weight is 319 g/mol. The van der Waals surface area contributed by atoms with E-state index in [1.165, 1.54) is 18.3 Å². The number of rotatable bonds is 3. The Morgan fingerprint density at radius 3 is 2.48 bits per heavy atom. The van der Waals surface area contributed by atoms with Gasteiger partial charge >= 0.3 is 11.9 Å². The third-order valence-corrected chi connectivity index (χ3v) is 2.63. The maximum Gasteiger partial charge on any atom is 0.416 e. The number of pyridine rings is 1. The van der Waals surface area contributed by atoms with Crippen LogP contribution in [0.4, 0.5) is 18.9 Å². The molecule has 1 aromatic heterocycles. The topological polar surface area (TPSA) is 65.3 Å². The summed E-state index contributed by atoms with van der Waals surface area (Å²) in [5.74, 6) is -0.209. The van der Waals surface area contributed by atoms with E-state index in [0.717, 1.165) is 6.07 Å². The monoisotopic (exact) mass is 318 g/mol. The minimum absolute atomic E-state index is 0.113. The van der Waals surface area contributed by atoms with Crippen LogP contribution in [0, 0.1) is 10.1 Å². The molecule has 0 N–H and O–H groups in total. The summed E-state index contributed by atoms with van der Waals surface area (Å²) in [6, 6.07) is 4.77. The van der Waals surface area contributed by atoms with Crippen LogP contribution in [0.15, 0.2) is 36.5 Å². The lowest BCUT2D eigenvalue weighted by molar-refractivity contribution is -0.385. The second-order valence-corrected chi connectivity index (χ2v) is 4.24. The van der Waals surface area contributed by atoms with Crippen LogP contribution in [0.3, 0.4) is 0 Å². The minimum atomic E-state index is -4.68. The van der Waals surface area contributed by atoms with E-state index < -0.39 is 22.4 Å². The second kappa shape index (κ2) is 5.57. The number of hydrogen-bond donors (Lipinski definition) is 0. The van der Waals surface area contributed by atoms with E-state index in [-0.39, 0.29) is 16.7 Å². The summed E-state index contributed by atoms with van der Waals surface area (Å²) in [6.45, 7) is 0. The van der Waals surface area contributed by atoms with E-state index >= 15 is 0 Å². The first-order valence-electron chi connectivity index (χ1n) is 5.42. The number of ether oxygens (including phenoxy) is 1. The Morgan fingerprint density at radius 2 is 1.95 bits per heavy atom. The quantitative estimate of drug-likeness (QED) is 0.476. The van der Waals surface area contributed by atoms with Crippen molar-refractivity contribution in [3.05, 3.63) is 57.4 Å². The molecular formula is C12H6ClF3N2O3. The highest BCUT2D eigenvalue weighted by Crippen LogP contribution is 2.37. The van der Waals surface area contributed by atoms with Gasteiger partial charge in [-0.25, -0.2) is 4.98 Å². The van der Waals surface area contributed by atoms with Gasteiger partial charge in [-0.3, -0.25) is 10.1 Å². The molecule has 0 amide bonds. The third kappa shape index (κ3) is 3.60. The molecule has 0 atom stereocenters. The fourth-order valence-corrected chi connectivity index (χ4v) is 1.58. The number of halogens is 4. The van der Waals surface area contributed by atoms with Crippen molar-refractivity contribution in [2.45, 2.75) is 6.18 Å². The van der Waals surface area contributed by atoms with E-state index in [9.17, 15) is 23.3 Å². The third-order valence-electron chi connectivity index (χ3n) is 2.41. The molecule has 0 unspecified atom stereocenters. The van der Waals surface area contributed by atoms with Crippen molar-refractivity contribution in [1.29, 1.82) is 0 Å². The van der Waals surface area contributed by atoms with Crippen LogP contribution in [-0.2, 0) is 6.18 Å². The number of alkyl halides is 3. The Balaban J connectivity index is 2.39. The standard InChI is InChI=1S/C12H6ClF3N2O3/c13-11-4-2-8(6-17-11)21-10-3-1-7(12(14,15)16)5-9(10)18(19)20/h1-6H. The lowest BCUT2D eigenvalue weighted by atomic mass is 10.2. The predicted octanol–water partition coefficient (Wildman–Crippen LogP) is 4.45. The molecule has 1 heterocycles. The Morgan fingerprint density at radius 1 is 1.24 bits per heavy atom. The van der Waals surface area contributed by atoms with Gasteiger partial charge in [0.05, 0.1) is 16.7 Å². The van der Waals surface area contributed by atoms with E-state index in [1.54, 1.807) is 0 Å². The molecular weight excluding hydrogens is 313 g/mol. The van der Waals surface area contributed by atoms with Crippen molar-refractivity contribution in [2.24, 2.45) is 0 Å². The average Bonchev–Trinajstić information content (AvgIpc) is 2.40. The molecule has 2 aromatic rings. The highest BCUT2D eigenvalue weighted by molar-refractivity contribution is 6.29. The summed E-state index contributed by atoms with van der Waals surface area (Å²) in [4.78, 5) is 13.6. The minimum Gasteiger partial charge on any atom is -0.449 e. The SMILES string of the molecule is O=[N+]([O-])c1cc(C(F)(F)F)ccc1Oc1ccc(Cl)nc1. The molecule has 5 nitrogen and oxygen atoms in total. The molecule has 0 saturated heterocycles. The van der Waals surface area contributed by atoms with Gasteiger partial charge in [0, 0.05) is 6.07 Å². The molecule has 110 valence electrons. The summed E-state index contributed by atoms with van der Waals surface area (Å²) < 4.78 is 42.8. The molecule has 0 fully saturated rings. The molecule has 0 aliphatic heterocycles. The summed E-state index contributed by atoms with van der Waals surface area (Å²) >= 11 is 5.57. The van der Waals surface area contributed by atoms with Gasteiger partial charge in [-0.15, -0.1) is 0 Å². The Kier molecular flexibility index (Phi) is 3.99. The number of aromatic nitrogens is 1. The summed E-state index contributed by atoms with van der Waals surface area (Å²) in [6.07, 6.45) is -3.48. The van der Waals surface area contributed by atoms with E-state index in [2.05, 4.69) is 4.98 Å². The van der Waals surface area contributed by atoms with Crippen LogP contribution in [-0.4, -0.2) is 9.91 Å². The van der Waals surface area contributed by atoms with Crippen molar-refractivity contribution < 1.29 is 22.8 Å². The van der Waals surface area contributed by atoms with Gasteiger partial charge in [0.1, 0.15) is 10.9 Å². The van der Waals surface area contributed by atoms with Crippen LogP contribution in [0.1, 0.15) is 5.56 Å². The molecule has 0 bridgehead atoms. The van der Waals surface area contributed by atoms with Gasteiger partial charge in [-0.05, 0) is 24.3 Å². The summed E-state index contributed by atoms with van der Waals surface area (Å²) in [7, 11) is 0. The zero-order valence-corrected chi connectivity index (χ0v) is 10.9. The Bertz CT molecular complexity index is 674. The largest absolute Gasteiger partial charge is 0.449 e. The van der Waals surface area contributed by atoms with Gasteiger partial charge in [0.2, 0.25) is 5.75 Å². The van der Waals surface area contributed by atoms with Crippen LogP contribution in [0.25, 0.3) is 0 Å². The zero-order valence-electron chi connectivity index (χ0n) is 10.1. The number of nitro benzene ring substituents is 1. The molecule has 1 aromatic carbocycles. The zero-order chi connectivity index (χ0) is 15.6. The van der Waals surface area contributed by atoms with Crippen molar-refractivity contribution in [3.8, 4) is 11.5 Å². The predicted molar refractivity (Wildman–Crippen MR) is 67.4 cm³/mol. The molecule has 9 heteroatoms. The van der Waals surface area contributed by atoms with Gasteiger partial charge < -0.3 is 4.74 Å². The molecule has 0 radical (unpaired) electrons. The van der Waals surface area contributed by atoms with Gasteiger partial charge in [0.25, 0.3) is 0 Å². The first kappa shape index (κ1) is 15.0. The fourth-order valence-electron chi connectivity index (χ4n) is 1.47. The van der Waals surface area contributed by atoms with Gasteiger partial charge in [-0.1, -0.05) is 11.6 Å². The number of nitro groups is 1. The van der Waals surface area contributed by atoms with Crippen LogP contribution in [0.2, 0.25) is 5.15 Å². The van der Waals surface area contributed by atoms with Crippen LogP contribution >= 0.6 is 11.6 Å². The van der Waals surface area contributed by atoms with Crippen LogP contribution in [0.5, 0.6) is 11.5 Å². The summed E-state index contributed by atoms with van der Waals surface area (Å²) in [5.41, 5.74) is -1.92. The molecule has 0 aliphatic carbocycles. The van der Waals surface area contributed by atoms with Crippen molar-refractivity contribution in [2.75, 3.05) is 0 Å².